The Hall–Kier alpha value is -1.86. The minimum atomic E-state index is -0.887. The van der Waals surface area contributed by atoms with Gasteiger partial charge in [0.25, 0.3) is 0 Å². The second-order valence-corrected chi connectivity index (χ2v) is 6.48. The standard InChI is InChI=1S/C19H23N3O3.2ClH/c1-13-5-8-21-17(11-13)25-16-12-15(4-3-14(16)2)22-18(23)19(20)6-9-24-10-7-19;;/h3-5,8,11-12H,6-7,9-10,20H2,1-2H3,(H,22,23);2*1H. The molecule has 2 heterocycles. The first-order chi connectivity index (χ1) is 12.0. The number of halogens is 2. The molecule has 1 saturated heterocycles. The summed E-state index contributed by atoms with van der Waals surface area (Å²) in [7, 11) is 0. The number of carbonyl (C=O) groups is 1. The van der Waals surface area contributed by atoms with Gasteiger partial charge in [0.05, 0.1) is 0 Å². The van der Waals surface area contributed by atoms with Gasteiger partial charge in [0, 0.05) is 37.2 Å². The number of aryl methyl sites for hydroxylation is 2. The molecule has 0 radical (unpaired) electrons. The Bertz CT molecular complexity index is 781. The van der Waals surface area contributed by atoms with Crippen LogP contribution in [-0.4, -0.2) is 29.6 Å². The molecule has 0 aliphatic carbocycles. The number of anilines is 1. The summed E-state index contributed by atoms with van der Waals surface area (Å²) in [6.45, 7) is 4.93. The summed E-state index contributed by atoms with van der Waals surface area (Å²) < 4.78 is 11.2. The number of amides is 1. The van der Waals surface area contributed by atoms with Crippen LogP contribution in [-0.2, 0) is 9.53 Å². The van der Waals surface area contributed by atoms with Crippen LogP contribution in [0.1, 0.15) is 24.0 Å². The summed E-state index contributed by atoms with van der Waals surface area (Å²) in [4.78, 5) is 16.8. The summed E-state index contributed by atoms with van der Waals surface area (Å²) in [6.07, 6.45) is 2.73. The molecule has 0 saturated carbocycles. The van der Waals surface area contributed by atoms with Gasteiger partial charge in [0.2, 0.25) is 11.8 Å². The van der Waals surface area contributed by atoms with Crippen molar-refractivity contribution in [1.82, 2.24) is 4.98 Å². The quantitative estimate of drug-likeness (QED) is 0.795. The van der Waals surface area contributed by atoms with Crippen molar-refractivity contribution in [2.24, 2.45) is 5.73 Å². The van der Waals surface area contributed by atoms with Crippen molar-refractivity contribution in [2.75, 3.05) is 18.5 Å². The fourth-order valence-corrected chi connectivity index (χ4v) is 2.68. The van der Waals surface area contributed by atoms with E-state index in [1.165, 1.54) is 0 Å². The Kier molecular flexibility index (Phi) is 8.50. The highest BCUT2D eigenvalue weighted by molar-refractivity contribution is 5.98. The van der Waals surface area contributed by atoms with Gasteiger partial charge in [0.15, 0.2) is 0 Å². The van der Waals surface area contributed by atoms with Crippen LogP contribution < -0.4 is 15.8 Å². The molecular formula is C19H25Cl2N3O3. The summed E-state index contributed by atoms with van der Waals surface area (Å²) in [5.41, 5.74) is 8.01. The molecule has 8 heteroatoms. The Morgan fingerprint density at radius 1 is 1.19 bits per heavy atom. The zero-order valence-corrected chi connectivity index (χ0v) is 17.0. The van der Waals surface area contributed by atoms with Gasteiger partial charge in [-0.2, -0.15) is 0 Å². The largest absolute Gasteiger partial charge is 0.439 e. The predicted molar refractivity (Wildman–Crippen MR) is 110 cm³/mol. The molecule has 0 spiro atoms. The number of hydrogen-bond acceptors (Lipinski definition) is 5. The molecule has 2 aromatic rings. The van der Waals surface area contributed by atoms with Gasteiger partial charge >= 0.3 is 0 Å². The number of pyridine rings is 1. The van der Waals surface area contributed by atoms with Crippen LogP contribution in [0, 0.1) is 13.8 Å². The van der Waals surface area contributed by atoms with E-state index in [1.54, 1.807) is 12.3 Å². The van der Waals surface area contributed by atoms with E-state index >= 15 is 0 Å². The van der Waals surface area contributed by atoms with E-state index in [9.17, 15) is 4.79 Å². The second kappa shape index (κ2) is 9.90. The highest BCUT2D eigenvalue weighted by Gasteiger charge is 2.35. The first kappa shape index (κ1) is 23.2. The van der Waals surface area contributed by atoms with E-state index in [-0.39, 0.29) is 30.7 Å². The van der Waals surface area contributed by atoms with Gasteiger partial charge in [-0.15, -0.1) is 24.8 Å². The van der Waals surface area contributed by atoms with E-state index in [4.69, 9.17) is 15.2 Å². The van der Waals surface area contributed by atoms with Crippen molar-refractivity contribution < 1.29 is 14.3 Å². The number of aromatic nitrogens is 1. The molecule has 6 nitrogen and oxygen atoms in total. The van der Waals surface area contributed by atoms with E-state index in [1.807, 2.05) is 38.1 Å². The number of rotatable bonds is 4. The second-order valence-electron chi connectivity index (χ2n) is 6.48. The van der Waals surface area contributed by atoms with Gasteiger partial charge in [-0.25, -0.2) is 4.98 Å². The average molecular weight is 414 g/mol. The molecule has 0 unspecified atom stereocenters. The minimum absolute atomic E-state index is 0. The molecule has 0 bridgehead atoms. The lowest BCUT2D eigenvalue weighted by Gasteiger charge is -2.31. The summed E-state index contributed by atoms with van der Waals surface area (Å²) >= 11 is 0. The number of hydrogen-bond donors (Lipinski definition) is 2. The van der Waals surface area contributed by atoms with Crippen molar-refractivity contribution in [3.63, 3.8) is 0 Å². The molecule has 148 valence electrons. The number of ether oxygens (including phenoxy) is 2. The molecule has 1 aliphatic heterocycles. The lowest BCUT2D eigenvalue weighted by atomic mass is 9.90. The van der Waals surface area contributed by atoms with Crippen LogP contribution in [0.25, 0.3) is 0 Å². The predicted octanol–water partition coefficient (Wildman–Crippen LogP) is 3.78. The maximum atomic E-state index is 12.5. The highest BCUT2D eigenvalue weighted by atomic mass is 35.5. The summed E-state index contributed by atoms with van der Waals surface area (Å²) in [6, 6.07) is 9.30. The van der Waals surface area contributed by atoms with Gasteiger partial charge in [-0.05, 0) is 49.9 Å². The van der Waals surface area contributed by atoms with E-state index in [0.29, 0.717) is 43.4 Å². The van der Waals surface area contributed by atoms with Crippen LogP contribution in [0.5, 0.6) is 11.6 Å². The van der Waals surface area contributed by atoms with Gasteiger partial charge < -0.3 is 20.5 Å². The molecule has 27 heavy (non-hydrogen) atoms. The summed E-state index contributed by atoms with van der Waals surface area (Å²) in [5, 5.41) is 2.90. The minimum Gasteiger partial charge on any atom is -0.439 e. The number of nitrogens with two attached hydrogens (primary N) is 1. The third-order valence-electron chi connectivity index (χ3n) is 4.39. The van der Waals surface area contributed by atoms with Crippen molar-refractivity contribution in [3.05, 3.63) is 47.7 Å². The Morgan fingerprint density at radius 2 is 1.89 bits per heavy atom. The highest BCUT2D eigenvalue weighted by Crippen LogP contribution is 2.28. The number of carbonyl (C=O) groups excluding carboxylic acids is 1. The zero-order valence-electron chi connectivity index (χ0n) is 15.4. The van der Waals surface area contributed by atoms with Crippen LogP contribution in [0.4, 0.5) is 5.69 Å². The smallest absolute Gasteiger partial charge is 0.244 e. The van der Waals surface area contributed by atoms with Crippen molar-refractivity contribution in [3.8, 4) is 11.6 Å². The van der Waals surface area contributed by atoms with Gasteiger partial charge in [0.1, 0.15) is 11.3 Å². The van der Waals surface area contributed by atoms with E-state index < -0.39 is 5.54 Å². The third kappa shape index (κ3) is 5.81. The van der Waals surface area contributed by atoms with Crippen molar-refractivity contribution in [2.45, 2.75) is 32.2 Å². The lowest BCUT2D eigenvalue weighted by Crippen LogP contribution is -2.54. The first-order valence-corrected chi connectivity index (χ1v) is 8.35. The van der Waals surface area contributed by atoms with Gasteiger partial charge in [-0.1, -0.05) is 6.07 Å². The topological polar surface area (TPSA) is 86.5 Å². The Morgan fingerprint density at radius 3 is 2.56 bits per heavy atom. The maximum absolute atomic E-state index is 12.5. The number of benzene rings is 1. The monoisotopic (exact) mass is 413 g/mol. The summed E-state index contributed by atoms with van der Waals surface area (Å²) in [5.74, 6) is 0.972. The fraction of sp³-hybridized carbons (Fsp3) is 0.368. The van der Waals surface area contributed by atoms with Crippen LogP contribution in [0.3, 0.4) is 0 Å². The first-order valence-electron chi connectivity index (χ1n) is 8.35. The Balaban J connectivity index is 0.00000182. The van der Waals surface area contributed by atoms with Crippen molar-refractivity contribution in [1.29, 1.82) is 0 Å². The van der Waals surface area contributed by atoms with Crippen LogP contribution >= 0.6 is 24.8 Å². The molecule has 0 atom stereocenters. The van der Waals surface area contributed by atoms with Crippen LogP contribution in [0.15, 0.2) is 36.5 Å². The van der Waals surface area contributed by atoms with Gasteiger partial charge in [-0.3, -0.25) is 4.79 Å². The Labute approximate surface area is 171 Å². The average Bonchev–Trinajstić information content (AvgIpc) is 2.58. The maximum Gasteiger partial charge on any atom is 0.244 e. The normalized spacial score (nSPS) is 15.1. The molecule has 3 rings (SSSR count). The number of nitrogens with zero attached hydrogens (tertiary/aromatic N) is 1. The molecule has 3 N–H and O–H groups in total. The SMILES string of the molecule is Cc1ccnc(Oc2cc(NC(=O)C3(N)CCOCC3)ccc2C)c1.Cl.Cl. The lowest BCUT2D eigenvalue weighted by molar-refractivity contribution is -0.124. The molecule has 1 aliphatic rings. The molecule has 1 aromatic carbocycles. The zero-order chi connectivity index (χ0) is 17.9. The van der Waals surface area contributed by atoms with E-state index in [0.717, 1.165) is 11.1 Å². The molecule has 1 amide bonds. The van der Waals surface area contributed by atoms with Crippen molar-refractivity contribution >= 4 is 36.4 Å². The van der Waals surface area contributed by atoms with E-state index in [2.05, 4.69) is 10.3 Å². The molecular weight excluding hydrogens is 389 g/mol. The number of nitrogens with one attached hydrogen (secondary N) is 1. The third-order valence-corrected chi connectivity index (χ3v) is 4.39. The molecule has 1 fully saturated rings. The molecule has 1 aromatic heterocycles. The van der Waals surface area contributed by atoms with Crippen LogP contribution in [0.2, 0.25) is 0 Å². The fourth-order valence-electron chi connectivity index (χ4n) is 2.68.